The zero-order valence-corrected chi connectivity index (χ0v) is 23.2. The normalized spacial score (nSPS) is 17.1. The topological polar surface area (TPSA) is 85.9 Å². The molecule has 1 aliphatic heterocycles. The van der Waals surface area contributed by atoms with Gasteiger partial charge in [-0.3, -0.25) is 14.3 Å². The van der Waals surface area contributed by atoms with Crippen molar-refractivity contribution in [2.45, 2.75) is 31.6 Å². The molecule has 8 nitrogen and oxygen atoms in total. The van der Waals surface area contributed by atoms with Gasteiger partial charge in [0, 0.05) is 17.9 Å². The van der Waals surface area contributed by atoms with Crippen LogP contribution in [0.3, 0.4) is 0 Å². The molecule has 2 atom stereocenters. The summed E-state index contributed by atoms with van der Waals surface area (Å²) in [5, 5.41) is 9.69. The maximum Gasteiger partial charge on any atom is 0.410 e. The average Bonchev–Trinajstić information content (AvgIpc) is 3.32. The summed E-state index contributed by atoms with van der Waals surface area (Å²) in [7, 11) is 1.67. The van der Waals surface area contributed by atoms with E-state index < -0.39 is 29.7 Å². The first kappa shape index (κ1) is 26.3. The summed E-state index contributed by atoms with van der Waals surface area (Å²) in [6.07, 6.45) is -4.92. The number of fused-ring (bicyclic) bond motifs is 1. The Bertz CT molecular complexity index is 1580. The first-order valence-corrected chi connectivity index (χ1v) is 13.1. The van der Waals surface area contributed by atoms with Crippen LogP contribution in [-0.4, -0.2) is 31.2 Å². The summed E-state index contributed by atoms with van der Waals surface area (Å²) in [4.78, 5) is 26.5. The second kappa shape index (κ2) is 9.77. The number of rotatable bonds is 4. The fourth-order valence-corrected chi connectivity index (χ4v) is 5.35. The van der Waals surface area contributed by atoms with E-state index in [1.54, 1.807) is 67.2 Å². The third kappa shape index (κ3) is 4.57. The van der Waals surface area contributed by atoms with E-state index in [0.717, 1.165) is 9.15 Å². The van der Waals surface area contributed by atoms with Gasteiger partial charge in [-0.05, 0) is 52.7 Å². The van der Waals surface area contributed by atoms with Crippen molar-refractivity contribution in [2.24, 2.45) is 7.05 Å². The molecule has 198 valence electrons. The Labute approximate surface area is 231 Å². The van der Waals surface area contributed by atoms with Crippen molar-refractivity contribution in [3.05, 3.63) is 90.8 Å². The van der Waals surface area contributed by atoms with Crippen molar-refractivity contribution < 1.29 is 18.0 Å². The number of aromatic nitrogens is 4. The second-order valence-corrected chi connectivity index (χ2v) is 10.6. The Hall–Kier alpha value is -3.32. The summed E-state index contributed by atoms with van der Waals surface area (Å²) in [6, 6.07) is 13.2. The van der Waals surface area contributed by atoms with Gasteiger partial charge in [0.25, 0.3) is 11.5 Å². The Kier molecular flexibility index (Phi) is 6.76. The quantitative estimate of drug-likeness (QED) is 0.278. The predicted molar refractivity (Wildman–Crippen MR) is 144 cm³/mol. The third-order valence-corrected chi connectivity index (χ3v) is 7.86. The number of carbonyl (C=O) groups is 1. The van der Waals surface area contributed by atoms with Gasteiger partial charge in [-0.1, -0.05) is 46.3 Å². The molecule has 0 spiro atoms. The number of alkyl halides is 3. The van der Waals surface area contributed by atoms with E-state index in [-0.39, 0.29) is 28.1 Å². The van der Waals surface area contributed by atoms with Gasteiger partial charge in [0.15, 0.2) is 11.7 Å². The van der Waals surface area contributed by atoms with Crippen molar-refractivity contribution in [1.82, 2.24) is 19.1 Å². The lowest BCUT2D eigenvalue weighted by Crippen LogP contribution is -2.35. The highest BCUT2D eigenvalue weighted by Gasteiger charge is 2.47. The van der Waals surface area contributed by atoms with Gasteiger partial charge in [0.2, 0.25) is 0 Å². The molecule has 2 aromatic carbocycles. The van der Waals surface area contributed by atoms with Crippen molar-refractivity contribution in [3.8, 4) is 5.69 Å². The molecule has 3 heterocycles. The standard InChI is InChI=1S/C25H21Br2F3N6O2/c1-13-20(24(38)36(34(13)2)16-6-4-3-5-7-16)32-23(37)21-19(27)22-31-17(14-8-10-15(26)11-9-14)12-18(25(28,29)30)35(22)33-21/h3-11,17-18,31H,12H2,1-2H3,(H,32,37)/t17-,18-/m1/s1. The van der Waals surface area contributed by atoms with Crippen molar-refractivity contribution in [3.63, 3.8) is 0 Å². The Morgan fingerprint density at radius 2 is 1.76 bits per heavy atom. The van der Waals surface area contributed by atoms with Crippen LogP contribution in [0.15, 0.2) is 68.3 Å². The maximum atomic E-state index is 14.1. The zero-order chi connectivity index (χ0) is 27.4. The molecular weight excluding hydrogens is 633 g/mol. The fraction of sp³-hybridized carbons (Fsp3) is 0.240. The zero-order valence-electron chi connectivity index (χ0n) is 20.1. The molecule has 0 saturated carbocycles. The van der Waals surface area contributed by atoms with Crippen LogP contribution < -0.4 is 16.2 Å². The summed E-state index contributed by atoms with van der Waals surface area (Å²) in [5.74, 6) is -0.782. The largest absolute Gasteiger partial charge is 0.410 e. The lowest BCUT2D eigenvalue weighted by molar-refractivity contribution is -0.173. The summed E-state index contributed by atoms with van der Waals surface area (Å²) >= 11 is 6.61. The molecule has 1 aliphatic rings. The van der Waals surface area contributed by atoms with Gasteiger partial charge in [0.1, 0.15) is 11.5 Å². The number of benzene rings is 2. The van der Waals surface area contributed by atoms with E-state index in [1.807, 2.05) is 6.07 Å². The minimum absolute atomic E-state index is 0.00675. The molecule has 13 heteroatoms. The highest BCUT2D eigenvalue weighted by molar-refractivity contribution is 9.11. The molecule has 0 radical (unpaired) electrons. The molecule has 2 aromatic heterocycles. The van der Waals surface area contributed by atoms with Gasteiger partial charge < -0.3 is 10.6 Å². The van der Waals surface area contributed by atoms with Crippen LogP contribution >= 0.6 is 31.9 Å². The number of nitrogens with zero attached hydrogens (tertiary/aromatic N) is 4. The van der Waals surface area contributed by atoms with Crippen LogP contribution in [0.25, 0.3) is 5.69 Å². The Morgan fingerprint density at radius 1 is 1.11 bits per heavy atom. The number of anilines is 2. The third-order valence-electron chi connectivity index (χ3n) is 6.58. The molecular formula is C25H21Br2F3N6O2. The fourth-order valence-electron chi connectivity index (χ4n) is 4.53. The first-order chi connectivity index (χ1) is 18.0. The van der Waals surface area contributed by atoms with E-state index >= 15 is 0 Å². The van der Waals surface area contributed by atoms with Crippen LogP contribution in [0.4, 0.5) is 24.7 Å². The lowest BCUT2D eigenvalue weighted by atomic mass is 9.97. The lowest BCUT2D eigenvalue weighted by Gasteiger charge is -2.33. The van der Waals surface area contributed by atoms with E-state index in [0.29, 0.717) is 16.9 Å². The number of carbonyl (C=O) groups excluding carboxylic acids is 1. The number of para-hydroxylation sites is 1. The summed E-state index contributed by atoms with van der Waals surface area (Å²) in [5.41, 5.74) is 0.979. The molecule has 0 unspecified atom stereocenters. The van der Waals surface area contributed by atoms with Crippen LogP contribution in [0.2, 0.25) is 0 Å². The molecule has 0 aliphatic carbocycles. The smallest absolute Gasteiger partial charge is 0.362 e. The van der Waals surface area contributed by atoms with Crippen LogP contribution in [0, 0.1) is 6.92 Å². The van der Waals surface area contributed by atoms with Crippen molar-refractivity contribution in [2.75, 3.05) is 10.6 Å². The van der Waals surface area contributed by atoms with Gasteiger partial charge in [-0.15, -0.1) is 0 Å². The SMILES string of the molecule is Cc1c(NC(=O)c2nn3c(c2Br)N[C@@H](c2ccc(Br)cc2)C[C@@H]3C(F)(F)F)c(=O)n(-c2ccccc2)n1C. The Balaban J connectivity index is 1.51. The molecule has 0 saturated heterocycles. The predicted octanol–water partition coefficient (Wildman–Crippen LogP) is 6.12. The van der Waals surface area contributed by atoms with Crippen LogP contribution in [-0.2, 0) is 7.05 Å². The average molecular weight is 654 g/mol. The minimum atomic E-state index is -4.61. The van der Waals surface area contributed by atoms with Crippen molar-refractivity contribution in [1.29, 1.82) is 0 Å². The highest BCUT2D eigenvalue weighted by Crippen LogP contribution is 2.46. The molecule has 2 N–H and O–H groups in total. The van der Waals surface area contributed by atoms with Crippen LogP contribution in [0.5, 0.6) is 0 Å². The molecule has 0 fully saturated rings. The molecule has 4 aromatic rings. The molecule has 1 amide bonds. The van der Waals surface area contributed by atoms with E-state index in [4.69, 9.17) is 0 Å². The molecule has 5 rings (SSSR count). The number of amides is 1. The number of nitrogens with one attached hydrogen (secondary N) is 2. The number of halogens is 5. The number of hydrogen-bond acceptors (Lipinski definition) is 4. The summed E-state index contributed by atoms with van der Waals surface area (Å²) < 4.78 is 47.0. The highest BCUT2D eigenvalue weighted by atomic mass is 79.9. The van der Waals surface area contributed by atoms with Gasteiger partial charge >= 0.3 is 6.18 Å². The van der Waals surface area contributed by atoms with Crippen molar-refractivity contribution >= 4 is 49.3 Å². The monoisotopic (exact) mass is 652 g/mol. The summed E-state index contributed by atoms with van der Waals surface area (Å²) in [6.45, 7) is 1.66. The van der Waals surface area contributed by atoms with E-state index in [2.05, 4.69) is 47.6 Å². The van der Waals surface area contributed by atoms with E-state index in [9.17, 15) is 22.8 Å². The number of hydrogen-bond donors (Lipinski definition) is 2. The second-order valence-electron chi connectivity index (χ2n) is 8.89. The van der Waals surface area contributed by atoms with Crippen LogP contribution in [0.1, 0.15) is 40.3 Å². The van der Waals surface area contributed by atoms with E-state index in [1.165, 1.54) is 4.68 Å². The Morgan fingerprint density at radius 3 is 2.39 bits per heavy atom. The molecule has 38 heavy (non-hydrogen) atoms. The van der Waals surface area contributed by atoms with Gasteiger partial charge in [-0.25, -0.2) is 9.36 Å². The molecule has 0 bridgehead atoms. The van der Waals surface area contributed by atoms with Gasteiger partial charge in [0.05, 0.1) is 21.9 Å². The van der Waals surface area contributed by atoms with Gasteiger partial charge in [-0.2, -0.15) is 18.3 Å². The maximum absolute atomic E-state index is 14.1. The minimum Gasteiger partial charge on any atom is -0.362 e. The first-order valence-electron chi connectivity index (χ1n) is 11.5.